The largest absolute Gasteiger partial charge is 0.496 e. The Kier molecular flexibility index (Phi) is 9.36. The Morgan fingerprint density at radius 2 is 1.68 bits per heavy atom. The second-order valence-electron chi connectivity index (χ2n) is 18.2. The first-order chi connectivity index (χ1) is 28.3. The minimum Gasteiger partial charge on any atom is -0.496 e. The van der Waals surface area contributed by atoms with E-state index in [9.17, 15) is 19.8 Å². The third kappa shape index (κ3) is 5.07. The summed E-state index contributed by atoms with van der Waals surface area (Å²) in [7, 11) is 7.42. The number of methoxy groups -OCH3 is 4. The molecule has 1 aliphatic carbocycles. The van der Waals surface area contributed by atoms with Gasteiger partial charge in [-0.05, 0) is 74.2 Å². The van der Waals surface area contributed by atoms with E-state index in [2.05, 4.69) is 26.9 Å². The van der Waals surface area contributed by atoms with Gasteiger partial charge in [-0.25, -0.2) is 4.79 Å². The van der Waals surface area contributed by atoms with Gasteiger partial charge in [0.1, 0.15) is 17.1 Å². The minimum absolute atomic E-state index is 0.102. The Bertz CT molecular complexity index is 2260. The molecule has 1 unspecified atom stereocenters. The average molecular weight is 811 g/mol. The molecule has 0 amide bonds. The standard InChI is InChI=1S/C46H58N4O9/c1-8-42(54)23-27-24-45(40(52)58-6,36-29(15-19-49(25-27)26-42)28-13-10-11-14-32(28)47-36)31-21-30-33(22-34(31)56-4)48(3)39-44(30)17-20-50-18-12-16-43(9-2,38(44)50)35(37(51)57-5)46(39,55)41(53)59-7/h10-14,16,21-22,27,35,38-39,47,54-55H,8-9,15,17-20,23-26H2,1-7H3/t27-,35+,38-,39+,42-,43-,44+,45-,46+/m0/s1. The van der Waals surface area contributed by atoms with Crippen molar-refractivity contribution in [2.45, 2.75) is 86.5 Å². The number of hydrogen-bond acceptors (Lipinski definition) is 12. The van der Waals surface area contributed by atoms with Gasteiger partial charge in [-0.2, -0.15) is 0 Å². The monoisotopic (exact) mass is 810 g/mol. The van der Waals surface area contributed by atoms with Crippen LogP contribution in [0.3, 0.4) is 0 Å². The Balaban J connectivity index is 1.37. The molecule has 1 aromatic heterocycles. The zero-order chi connectivity index (χ0) is 41.9. The highest BCUT2D eigenvalue weighted by molar-refractivity contribution is 5.96. The van der Waals surface area contributed by atoms with E-state index in [1.165, 1.54) is 21.3 Å². The van der Waals surface area contributed by atoms with E-state index in [4.69, 9.17) is 18.9 Å². The van der Waals surface area contributed by atoms with Crippen LogP contribution in [0.5, 0.6) is 5.75 Å². The number of anilines is 1. The molecule has 2 saturated heterocycles. The van der Waals surface area contributed by atoms with Crippen molar-refractivity contribution < 1.29 is 43.5 Å². The molecule has 59 heavy (non-hydrogen) atoms. The predicted molar refractivity (Wildman–Crippen MR) is 220 cm³/mol. The lowest BCUT2D eigenvalue weighted by atomic mass is 9.44. The smallest absolute Gasteiger partial charge is 0.341 e. The summed E-state index contributed by atoms with van der Waals surface area (Å²) in [5.74, 6) is -2.96. The summed E-state index contributed by atoms with van der Waals surface area (Å²) in [6.45, 7) is 7.27. The molecule has 316 valence electrons. The predicted octanol–water partition coefficient (Wildman–Crippen LogP) is 3.85. The van der Waals surface area contributed by atoms with E-state index in [0.29, 0.717) is 82.6 Å². The summed E-state index contributed by atoms with van der Waals surface area (Å²) in [5.41, 5.74) is -1.77. The highest BCUT2D eigenvalue weighted by atomic mass is 16.5. The molecule has 6 heterocycles. The number of nitrogens with zero attached hydrogens (tertiary/aromatic N) is 3. The number of carbonyl (C=O) groups is 3. The molecule has 5 aliphatic heterocycles. The fourth-order valence-corrected chi connectivity index (χ4v) is 13.7. The van der Waals surface area contributed by atoms with Crippen molar-refractivity contribution in [1.29, 1.82) is 0 Å². The second kappa shape index (κ2) is 13.8. The number of H-pyrrole nitrogens is 1. The van der Waals surface area contributed by atoms with Gasteiger partial charge in [-0.1, -0.05) is 44.2 Å². The minimum atomic E-state index is -2.34. The number of hydrogen-bond donors (Lipinski definition) is 3. The maximum absolute atomic E-state index is 15.3. The van der Waals surface area contributed by atoms with E-state index in [-0.39, 0.29) is 12.0 Å². The molecule has 3 fully saturated rings. The molecule has 6 aliphatic rings. The molecular weight excluding hydrogens is 753 g/mol. The maximum atomic E-state index is 15.3. The molecule has 13 heteroatoms. The first-order valence-corrected chi connectivity index (χ1v) is 21.2. The number of nitrogens with one attached hydrogen (secondary N) is 1. The molecule has 2 bridgehead atoms. The van der Waals surface area contributed by atoms with Gasteiger partial charge >= 0.3 is 17.9 Å². The molecule has 3 N–H and O–H groups in total. The molecule has 3 aromatic rings. The van der Waals surface area contributed by atoms with Crippen LogP contribution in [0.25, 0.3) is 10.9 Å². The molecule has 1 saturated carbocycles. The maximum Gasteiger partial charge on any atom is 0.341 e. The Morgan fingerprint density at radius 3 is 2.37 bits per heavy atom. The third-order valence-corrected chi connectivity index (χ3v) is 15.8. The SMILES string of the molecule is CC[C@]1(O)C[C@@H]2CN(CCc3c([nH]c4ccccc34)[C@@](C(=O)OC)(c3cc4c(cc3OC)N(C)[C@H]3[C@@](O)(C(=O)OC)[C@H](C(=O)OC)[C@]5(CC)C=CCN6CC[C@]43[C@@H]65)C2)C1. The summed E-state index contributed by atoms with van der Waals surface area (Å²) in [6, 6.07) is 10.9. The highest BCUT2D eigenvalue weighted by Gasteiger charge is 2.80. The van der Waals surface area contributed by atoms with Crippen LogP contribution in [0.2, 0.25) is 0 Å². The van der Waals surface area contributed by atoms with Crippen molar-refractivity contribution in [3.8, 4) is 5.75 Å². The fraction of sp³-hybridized carbons (Fsp3) is 0.587. The number of aromatic amines is 1. The number of benzene rings is 2. The van der Waals surface area contributed by atoms with Gasteiger partial charge in [-0.15, -0.1) is 0 Å². The number of esters is 3. The van der Waals surface area contributed by atoms with Crippen molar-refractivity contribution in [2.24, 2.45) is 17.3 Å². The topological polar surface area (TPSA) is 154 Å². The zero-order valence-corrected chi connectivity index (χ0v) is 35.3. The third-order valence-electron chi connectivity index (χ3n) is 15.8. The fourth-order valence-electron chi connectivity index (χ4n) is 13.7. The number of likely N-dealkylation sites (N-methyl/N-ethyl adjacent to an activating group) is 1. The summed E-state index contributed by atoms with van der Waals surface area (Å²) in [5, 5.41) is 26.4. The first-order valence-electron chi connectivity index (χ1n) is 21.2. The van der Waals surface area contributed by atoms with Crippen molar-refractivity contribution in [3.63, 3.8) is 0 Å². The van der Waals surface area contributed by atoms with Crippen LogP contribution in [-0.2, 0) is 45.8 Å². The molecule has 1 spiro atoms. The lowest BCUT2D eigenvalue weighted by Gasteiger charge is -2.63. The number of carbonyl (C=O) groups excluding carboxylic acids is 3. The van der Waals surface area contributed by atoms with Gasteiger partial charge in [0.05, 0.1) is 40.1 Å². The van der Waals surface area contributed by atoms with Gasteiger partial charge in [0.15, 0.2) is 5.60 Å². The van der Waals surface area contributed by atoms with Crippen molar-refractivity contribution in [2.75, 3.05) is 73.1 Å². The van der Waals surface area contributed by atoms with Gasteiger partial charge in [-0.3, -0.25) is 19.4 Å². The van der Waals surface area contributed by atoms with Gasteiger partial charge in [0.2, 0.25) is 0 Å². The van der Waals surface area contributed by atoms with Gasteiger partial charge < -0.3 is 39.0 Å². The number of fused-ring (bicyclic) bond motifs is 6. The van der Waals surface area contributed by atoms with Crippen molar-refractivity contribution >= 4 is 34.5 Å². The zero-order valence-electron chi connectivity index (χ0n) is 35.3. The van der Waals surface area contributed by atoms with E-state index >= 15 is 4.79 Å². The highest BCUT2D eigenvalue weighted by Crippen LogP contribution is 2.69. The lowest BCUT2D eigenvalue weighted by Crippen LogP contribution is -2.80. The van der Waals surface area contributed by atoms with Gasteiger partial charge in [0, 0.05) is 84.0 Å². The molecule has 13 nitrogen and oxygen atoms in total. The van der Waals surface area contributed by atoms with Crippen LogP contribution in [0, 0.1) is 17.3 Å². The summed E-state index contributed by atoms with van der Waals surface area (Å²) in [6.07, 6.45) is 7.12. The van der Waals surface area contributed by atoms with Crippen LogP contribution >= 0.6 is 0 Å². The number of aromatic nitrogens is 1. The number of piperidine rings is 1. The quantitative estimate of drug-likeness (QED) is 0.181. The van der Waals surface area contributed by atoms with Gasteiger partial charge in [0.25, 0.3) is 0 Å². The molecule has 0 radical (unpaired) electrons. The van der Waals surface area contributed by atoms with Crippen molar-refractivity contribution in [3.05, 3.63) is 70.9 Å². The Labute approximate surface area is 345 Å². The van der Waals surface area contributed by atoms with Crippen LogP contribution in [0.1, 0.15) is 68.3 Å². The normalized spacial score (nSPS) is 37.0. The van der Waals surface area contributed by atoms with E-state index in [1.54, 1.807) is 7.11 Å². The first kappa shape index (κ1) is 40.0. The van der Waals surface area contributed by atoms with E-state index in [0.717, 1.165) is 33.4 Å². The van der Waals surface area contributed by atoms with E-state index in [1.807, 2.05) is 62.2 Å². The Morgan fingerprint density at radius 1 is 0.915 bits per heavy atom. The Hall–Kier alpha value is -4.43. The molecule has 10 atom stereocenters. The summed E-state index contributed by atoms with van der Waals surface area (Å²) in [4.78, 5) is 54.4. The van der Waals surface area contributed by atoms with Crippen LogP contribution < -0.4 is 9.64 Å². The molecular formula is C46H58N4O9. The van der Waals surface area contributed by atoms with Crippen LogP contribution in [-0.4, -0.2) is 134 Å². The molecule has 9 rings (SSSR count). The number of rotatable bonds is 7. The number of para-hydroxylation sites is 1. The van der Waals surface area contributed by atoms with Crippen LogP contribution in [0.15, 0.2) is 48.6 Å². The second-order valence-corrected chi connectivity index (χ2v) is 18.2. The summed E-state index contributed by atoms with van der Waals surface area (Å²) >= 11 is 0. The molecule has 2 aromatic carbocycles. The van der Waals surface area contributed by atoms with Crippen molar-refractivity contribution in [1.82, 2.24) is 14.8 Å². The average Bonchev–Trinajstić information content (AvgIpc) is 3.91. The summed E-state index contributed by atoms with van der Waals surface area (Å²) < 4.78 is 23.2. The lowest BCUT2D eigenvalue weighted by molar-refractivity contribution is -0.209. The number of aliphatic hydroxyl groups is 2. The van der Waals surface area contributed by atoms with Crippen LogP contribution in [0.4, 0.5) is 5.69 Å². The van der Waals surface area contributed by atoms with E-state index < -0.39 is 57.3 Å². The number of ether oxygens (including phenoxy) is 4.